The van der Waals surface area contributed by atoms with Gasteiger partial charge < -0.3 is 4.90 Å². The second kappa shape index (κ2) is 9.88. The molecule has 0 amide bonds. The Morgan fingerprint density at radius 3 is 2.38 bits per heavy atom. The SMILES string of the molecule is Cl.O=c1nc(N2CCN(CC3CCCCC3)CC2)sc2c([N+](=O)[O-])cc(C(F)(F)F)cc12. The molecule has 0 atom stereocenters. The Morgan fingerprint density at radius 1 is 1.12 bits per heavy atom. The van der Waals surface area contributed by atoms with Crippen molar-refractivity contribution in [2.24, 2.45) is 5.92 Å². The lowest BCUT2D eigenvalue weighted by Crippen LogP contribution is -2.48. The highest BCUT2D eigenvalue weighted by molar-refractivity contribution is 7.22. The van der Waals surface area contributed by atoms with E-state index in [0.717, 1.165) is 36.9 Å². The van der Waals surface area contributed by atoms with Crippen LogP contribution >= 0.6 is 23.7 Å². The zero-order valence-corrected chi connectivity index (χ0v) is 18.9. The van der Waals surface area contributed by atoms with Gasteiger partial charge in [0.1, 0.15) is 4.70 Å². The van der Waals surface area contributed by atoms with Crippen molar-refractivity contribution in [3.05, 3.63) is 38.2 Å². The number of nitro benzene ring substituents is 1. The third-order valence-corrected chi connectivity index (χ3v) is 7.26. The van der Waals surface area contributed by atoms with E-state index in [2.05, 4.69) is 9.88 Å². The van der Waals surface area contributed by atoms with E-state index < -0.39 is 27.9 Å². The van der Waals surface area contributed by atoms with Crippen LogP contribution in [-0.2, 0) is 6.18 Å². The van der Waals surface area contributed by atoms with Gasteiger partial charge in [-0.2, -0.15) is 18.2 Å². The summed E-state index contributed by atoms with van der Waals surface area (Å²) >= 11 is 0.906. The summed E-state index contributed by atoms with van der Waals surface area (Å²) in [6.45, 7) is 3.89. The summed E-state index contributed by atoms with van der Waals surface area (Å²) in [5.74, 6) is 0.723. The zero-order valence-electron chi connectivity index (χ0n) is 17.3. The van der Waals surface area contributed by atoms with Gasteiger partial charge in [-0.25, -0.2) is 0 Å². The molecule has 0 unspecified atom stereocenters. The van der Waals surface area contributed by atoms with Crippen LogP contribution in [-0.4, -0.2) is 47.5 Å². The molecule has 0 bridgehead atoms. The molecule has 1 aromatic carbocycles. The van der Waals surface area contributed by atoms with Crippen molar-refractivity contribution in [3.8, 4) is 0 Å². The van der Waals surface area contributed by atoms with Crippen LogP contribution in [0.3, 0.4) is 0 Å². The Kier molecular flexibility index (Phi) is 7.61. The van der Waals surface area contributed by atoms with Gasteiger partial charge in [-0.1, -0.05) is 30.6 Å². The van der Waals surface area contributed by atoms with E-state index in [1.54, 1.807) is 0 Å². The van der Waals surface area contributed by atoms with Gasteiger partial charge in [0.05, 0.1) is 15.9 Å². The molecule has 0 radical (unpaired) electrons. The smallest absolute Gasteiger partial charge is 0.345 e. The van der Waals surface area contributed by atoms with E-state index in [1.807, 2.05) is 4.90 Å². The Morgan fingerprint density at radius 2 is 1.78 bits per heavy atom. The van der Waals surface area contributed by atoms with Gasteiger partial charge in [-0.3, -0.25) is 19.8 Å². The molecule has 0 spiro atoms. The third-order valence-electron chi connectivity index (χ3n) is 6.10. The van der Waals surface area contributed by atoms with Crippen LogP contribution in [0, 0.1) is 16.0 Å². The molecule has 4 rings (SSSR count). The number of rotatable bonds is 4. The minimum Gasteiger partial charge on any atom is -0.345 e. The molecule has 1 saturated carbocycles. The zero-order chi connectivity index (χ0) is 22.2. The predicted octanol–water partition coefficient (Wildman–Crippen LogP) is 4.71. The first-order valence-electron chi connectivity index (χ1n) is 10.4. The minimum atomic E-state index is -4.79. The van der Waals surface area contributed by atoms with E-state index in [4.69, 9.17) is 0 Å². The van der Waals surface area contributed by atoms with Crippen LogP contribution in [0.2, 0.25) is 0 Å². The fraction of sp³-hybridized carbons (Fsp3) is 0.600. The Hall–Kier alpha value is -1.98. The Bertz CT molecular complexity index is 1040. The number of nitro groups is 1. The van der Waals surface area contributed by atoms with E-state index in [0.29, 0.717) is 30.4 Å². The van der Waals surface area contributed by atoms with Crippen molar-refractivity contribution in [1.29, 1.82) is 0 Å². The number of anilines is 1. The van der Waals surface area contributed by atoms with Crippen LogP contribution < -0.4 is 10.5 Å². The summed E-state index contributed by atoms with van der Waals surface area (Å²) in [4.78, 5) is 31.3. The van der Waals surface area contributed by atoms with Crippen LogP contribution in [0.1, 0.15) is 37.7 Å². The first kappa shape index (κ1) is 24.7. The third kappa shape index (κ3) is 5.32. The molecule has 2 aromatic rings. The van der Waals surface area contributed by atoms with E-state index in [-0.39, 0.29) is 22.5 Å². The van der Waals surface area contributed by atoms with Crippen molar-refractivity contribution in [1.82, 2.24) is 9.88 Å². The van der Waals surface area contributed by atoms with Crippen molar-refractivity contribution < 1.29 is 18.1 Å². The maximum absolute atomic E-state index is 13.1. The largest absolute Gasteiger partial charge is 0.416 e. The normalized spacial score (nSPS) is 18.5. The van der Waals surface area contributed by atoms with Crippen molar-refractivity contribution >= 4 is 44.6 Å². The van der Waals surface area contributed by atoms with E-state index in [9.17, 15) is 28.1 Å². The monoisotopic (exact) mass is 492 g/mol. The lowest BCUT2D eigenvalue weighted by atomic mass is 9.89. The lowest BCUT2D eigenvalue weighted by Gasteiger charge is -2.37. The molecule has 1 saturated heterocycles. The van der Waals surface area contributed by atoms with Gasteiger partial charge in [0.25, 0.3) is 11.2 Å². The molecule has 1 aromatic heterocycles. The molecule has 0 N–H and O–H groups in total. The fourth-order valence-electron chi connectivity index (χ4n) is 4.43. The second-order valence-electron chi connectivity index (χ2n) is 8.22. The molecule has 2 fully saturated rings. The highest BCUT2D eigenvalue weighted by Gasteiger charge is 2.34. The second-order valence-corrected chi connectivity index (χ2v) is 9.20. The van der Waals surface area contributed by atoms with E-state index >= 15 is 0 Å². The summed E-state index contributed by atoms with van der Waals surface area (Å²) in [5, 5.41) is 11.4. The number of fused-ring (bicyclic) bond motifs is 1. The topological polar surface area (TPSA) is 79.6 Å². The minimum absolute atomic E-state index is 0. The average molecular weight is 493 g/mol. The van der Waals surface area contributed by atoms with E-state index in [1.165, 1.54) is 32.1 Å². The average Bonchev–Trinajstić information content (AvgIpc) is 2.73. The number of piperazine rings is 1. The number of halogens is 4. The number of benzene rings is 1. The van der Waals surface area contributed by atoms with Gasteiger partial charge in [0.2, 0.25) is 0 Å². The molecular formula is C20H24ClF3N4O3S. The molecule has 32 heavy (non-hydrogen) atoms. The Labute approximate surface area is 192 Å². The number of nitrogens with zero attached hydrogens (tertiary/aromatic N) is 4. The number of hydrogen-bond acceptors (Lipinski definition) is 7. The molecule has 7 nitrogen and oxygen atoms in total. The molecule has 1 aliphatic carbocycles. The fourth-order valence-corrected chi connectivity index (χ4v) is 5.55. The number of non-ortho nitro benzene ring substituents is 1. The van der Waals surface area contributed by atoms with Crippen molar-refractivity contribution in [3.63, 3.8) is 0 Å². The van der Waals surface area contributed by atoms with Crippen LogP contribution in [0.15, 0.2) is 16.9 Å². The quantitative estimate of drug-likeness (QED) is 0.454. The molecule has 12 heteroatoms. The maximum atomic E-state index is 13.1. The molecule has 1 aliphatic heterocycles. The highest BCUT2D eigenvalue weighted by Crippen LogP contribution is 2.38. The number of alkyl halides is 3. The summed E-state index contributed by atoms with van der Waals surface area (Å²) < 4.78 is 39.3. The summed E-state index contributed by atoms with van der Waals surface area (Å²) in [6, 6.07) is 1.14. The van der Waals surface area contributed by atoms with Crippen LogP contribution in [0.25, 0.3) is 10.1 Å². The number of hydrogen-bond donors (Lipinski definition) is 0. The van der Waals surface area contributed by atoms with Gasteiger partial charge in [0.15, 0.2) is 5.13 Å². The highest BCUT2D eigenvalue weighted by atomic mass is 35.5. The van der Waals surface area contributed by atoms with Gasteiger partial charge >= 0.3 is 6.18 Å². The first-order chi connectivity index (χ1) is 14.7. The predicted molar refractivity (Wildman–Crippen MR) is 120 cm³/mol. The van der Waals surface area contributed by atoms with Crippen LogP contribution in [0.5, 0.6) is 0 Å². The van der Waals surface area contributed by atoms with Gasteiger partial charge in [0, 0.05) is 38.8 Å². The first-order valence-corrected chi connectivity index (χ1v) is 11.2. The Balaban J connectivity index is 0.00000289. The molecular weight excluding hydrogens is 469 g/mol. The van der Waals surface area contributed by atoms with Crippen molar-refractivity contribution in [2.45, 2.75) is 38.3 Å². The molecule has 176 valence electrons. The summed E-state index contributed by atoms with van der Waals surface area (Å²) in [6.07, 6.45) is 1.62. The van der Waals surface area contributed by atoms with Gasteiger partial charge in [-0.05, 0) is 24.8 Å². The summed E-state index contributed by atoms with van der Waals surface area (Å²) in [7, 11) is 0. The summed E-state index contributed by atoms with van der Waals surface area (Å²) in [5.41, 5.74) is -2.81. The lowest BCUT2D eigenvalue weighted by molar-refractivity contribution is -0.383. The number of aromatic nitrogens is 1. The molecule has 2 heterocycles. The van der Waals surface area contributed by atoms with Crippen molar-refractivity contribution in [2.75, 3.05) is 37.6 Å². The van der Waals surface area contributed by atoms with Gasteiger partial charge in [-0.15, -0.1) is 12.4 Å². The standard InChI is InChI=1S/C20H23F3N4O3S.ClH/c21-20(22,23)14-10-15-17(16(11-14)27(29)30)31-19(24-18(15)28)26-8-6-25(7-9-26)12-13-4-2-1-3-5-13;/h10-11,13H,1-9,12H2;1H. The maximum Gasteiger partial charge on any atom is 0.416 e. The molecule has 2 aliphatic rings. The van der Waals surface area contributed by atoms with Crippen LogP contribution in [0.4, 0.5) is 24.0 Å².